The van der Waals surface area contributed by atoms with E-state index in [1.54, 1.807) is 18.2 Å². The fraction of sp³-hybridized carbons (Fsp3) is 0.500. The molecule has 0 radical (unpaired) electrons. The van der Waals surface area contributed by atoms with E-state index >= 15 is 0 Å². The molecule has 24 heavy (non-hydrogen) atoms. The topological polar surface area (TPSA) is 61.2 Å². The molecule has 2 rings (SSSR count). The predicted octanol–water partition coefficient (Wildman–Crippen LogP) is 3.99. The van der Waals surface area contributed by atoms with E-state index in [9.17, 15) is 8.42 Å². The van der Waals surface area contributed by atoms with Crippen molar-refractivity contribution < 1.29 is 13.2 Å². The van der Waals surface area contributed by atoms with Crippen molar-refractivity contribution in [3.8, 4) is 5.75 Å². The van der Waals surface area contributed by atoms with E-state index in [0.29, 0.717) is 12.4 Å². The molecule has 132 valence electrons. The molecule has 0 fully saturated rings. The van der Waals surface area contributed by atoms with Gasteiger partial charge in [0.1, 0.15) is 10.6 Å². The third-order valence-corrected chi connectivity index (χ3v) is 5.40. The Balaban J connectivity index is 2.44. The Morgan fingerprint density at radius 1 is 1.21 bits per heavy atom. The smallest absolute Gasteiger partial charge is 0.286 e. The maximum atomic E-state index is 12.9. The van der Waals surface area contributed by atoms with E-state index < -0.39 is 10.0 Å². The Morgan fingerprint density at radius 2 is 1.96 bits per heavy atom. The highest BCUT2D eigenvalue weighted by molar-refractivity contribution is 7.90. The van der Waals surface area contributed by atoms with E-state index in [0.717, 1.165) is 28.9 Å². The molecule has 0 amide bonds. The maximum absolute atomic E-state index is 12.9. The highest BCUT2D eigenvalue weighted by atomic mass is 32.2. The van der Waals surface area contributed by atoms with Crippen LogP contribution in [-0.4, -0.2) is 24.2 Å². The average molecular weight is 350 g/mol. The SMILES string of the molecule is CCCCCOc1ccc(C(C)(C)C)cc1S(=O)(=O)n1cccn1. The number of benzene rings is 1. The van der Waals surface area contributed by atoms with Crippen LogP contribution in [0.2, 0.25) is 0 Å². The molecule has 1 aromatic carbocycles. The Morgan fingerprint density at radius 3 is 2.54 bits per heavy atom. The summed E-state index contributed by atoms with van der Waals surface area (Å²) in [6.07, 6.45) is 5.93. The van der Waals surface area contributed by atoms with Gasteiger partial charge in [0.25, 0.3) is 10.0 Å². The van der Waals surface area contributed by atoms with Crippen LogP contribution in [0.5, 0.6) is 5.75 Å². The number of hydrogen-bond donors (Lipinski definition) is 0. The molecule has 0 bridgehead atoms. The van der Waals surface area contributed by atoms with Crippen LogP contribution in [0.3, 0.4) is 0 Å². The van der Waals surface area contributed by atoms with Gasteiger partial charge in [0.05, 0.1) is 12.8 Å². The zero-order chi connectivity index (χ0) is 17.8. The first kappa shape index (κ1) is 18.5. The van der Waals surface area contributed by atoms with Gasteiger partial charge in [-0.3, -0.25) is 0 Å². The summed E-state index contributed by atoms with van der Waals surface area (Å²) < 4.78 is 32.6. The molecule has 6 heteroatoms. The van der Waals surface area contributed by atoms with Crippen LogP contribution in [-0.2, 0) is 15.4 Å². The molecule has 0 unspecified atom stereocenters. The quantitative estimate of drug-likeness (QED) is 0.709. The molecule has 1 aromatic heterocycles. The normalized spacial score (nSPS) is 12.3. The van der Waals surface area contributed by atoms with Crippen molar-refractivity contribution in [2.24, 2.45) is 0 Å². The number of unbranched alkanes of at least 4 members (excludes halogenated alkanes) is 2. The average Bonchev–Trinajstić information content (AvgIpc) is 3.06. The van der Waals surface area contributed by atoms with Crippen LogP contribution in [0, 0.1) is 0 Å². The lowest BCUT2D eigenvalue weighted by Gasteiger charge is -2.21. The van der Waals surface area contributed by atoms with Gasteiger partial charge < -0.3 is 4.74 Å². The standard InChI is InChI=1S/C18H26N2O3S/c1-5-6-7-13-23-16-10-9-15(18(2,3)4)14-17(16)24(21,22)20-12-8-11-19-20/h8-12,14H,5-7,13H2,1-4H3. The van der Waals surface area contributed by atoms with Crippen LogP contribution >= 0.6 is 0 Å². The van der Waals surface area contributed by atoms with Crippen LogP contribution in [0.25, 0.3) is 0 Å². The summed E-state index contributed by atoms with van der Waals surface area (Å²) in [5, 5.41) is 3.88. The molecular weight excluding hydrogens is 324 g/mol. The number of nitrogens with zero attached hydrogens (tertiary/aromatic N) is 2. The van der Waals surface area contributed by atoms with E-state index in [4.69, 9.17) is 4.74 Å². The molecule has 0 spiro atoms. The van der Waals surface area contributed by atoms with Gasteiger partial charge in [0, 0.05) is 6.20 Å². The molecule has 0 aliphatic carbocycles. The van der Waals surface area contributed by atoms with Crippen molar-refractivity contribution in [1.29, 1.82) is 0 Å². The zero-order valence-electron chi connectivity index (χ0n) is 14.8. The fourth-order valence-electron chi connectivity index (χ4n) is 2.33. The lowest BCUT2D eigenvalue weighted by molar-refractivity contribution is 0.298. The Kier molecular flexibility index (Phi) is 5.70. The summed E-state index contributed by atoms with van der Waals surface area (Å²) >= 11 is 0. The lowest BCUT2D eigenvalue weighted by atomic mass is 9.87. The van der Waals surface area contributed by atoms with Crippen LogP contribution < -0.4 is 4.74 Å². The van der Waals surface area contributed by atoms with Gasteiger partial charge in [0.2, 0.25) is 0 Å². The second-order valence-electron chi connectivity index (χ2n) is 6.85. The second-order valence-corrected chi connectivity index (χ2v) is 8.61. The molecule has 0 aliphatic heterocycles. The summed E-state index contributed by atoms with van der Waals surface area (Å²) in [6, 6.07) is 6.97. The van der Waals surface area contributed by atoms with Crippen molar-refractivity contribution in [1.82, 2.24) is 9.19 Å². The number of aromatic nitrogens is 2. The van der Waals surface area contributed by atoms with Crippen LogP contribution in [0.4, 0.5) is 0 Å². The van der Waals surface area contributed by atoms with Crippen molar-refractivity contribution in [2.45, 2.75) is 57.3 Å². The molecule has 2 aromatic rings. The lowest BCUT2D eigenvalue weighted by Crippen LogP contribution is -2.18. The van der Waals surface area contributed by atoms with Crippen LogP contribution in [0.15, 0.2) is 41.6 Å². The van der Waals surface area contributed by atoms with Crippen molar-refractivity contribution in [2.75, 3.05) is 6.61 Å². The minimum Gasteiger partial charge on any atom is -0.492 e. The summed E-state index contributed by atoms with van der Waals surface area (Å²) in [5.74, 6) is 0.384. The van der Waals surface area contributed by atoms with Gasteiger partial charge in [0.15, 0.2) is 0 Å². The number of hydrogen-bond acceptors (Lipinski definition) is 4. The summed E-state index contributed by atoms with van der Waals surface area (Å²) in [5.41, 5.74) is 0.781. The minimum atomic E-state index is -3.77. The zero-order valence-corrected chi connectivity index (χ0v) is 15.6. The minimum absolute atomic E-state index is 0.158. The Hall–Kier alpha value is -1.82. The molecule has 0 aliphatic rings. The fourth-order valence-corrected chi connectivity index (χ4v) is 3.60. The first-order valence-corrected chi connectivity index (χ1v) is 9.73. The summed E-state index contributed by atoms with van der Waals surface area (Å²) in [6.45, 7) is 8.77. The summed E-state index contributed by atoms with van der Waals surface area (Å²) in [7, 11) is -3.77. The molecule has 0 atom stereocenters. The van der Waals surface area contributed by atoms with Gasteiger partial charge in [-0.2, -0.15) is 17.6 Å². The molecule has 0 N–H and O–H groups in total. The number of rotatable bonds is 7. The van der Waals surface area contributed by atoms with Gasteiger partial charge in [-0.25, -0.2) is 0 Å². The first-order chi connectivity index (χ1) is 11.3. The Bertz CT molecular complexity index is 760. The van der Waals surface area contributed by atoms with Gasteiger partial charge >= 0.3 is 0 Å². The first-order valence-electron chi connectivity index (χ1n) is 8.29. The summed E-state index contributed by atoms with van der Waals surface area (Å²) in [4.78, 5) is 0.162. The molecule has 1 heterocycles. The van der Waals surface area contributed by atoms with Crippen molar-refractivity contribution in [3.63, 3.8) is 0 Å². The largest absolute Gasteiger partial charge is 0.492 e. The van der Waals surface area contributed by atoms with E-state index in [2.05, 4.69) is 32.8 Å². The monoisotopic (exact) mass is 350 g/mol. The molecule has 0 saturated carbocycles. The van der Waals surface area contributed by atoms with Gasteiger partial charge in [-0.15, -0.1) is 0 Å². The predicted molar refractivity (Wildman–Crippen MR) is 95.0 cm³/mol. The Labute approximate surface area is 144 Å². The third-order valence-electron chi connectivity index (χ3n) is 3.82. The van der Waals surface area contributed by atoms with Crippen molar-refractivity contribution >= 4 is 10.0 Å². The van der Waals surface area contributed by atoms with Gasteiger partial charge in [-0.05, 0) is 35.6 Å². The van der Waals surface area contributed by atoms with E-state index in [1.807, 2.05) is 6.07 Å². The highest BCUT2D eigenvalue weighted by Crippen LogP contribution is 2.32. The van der Waals surface area contributed by atoms with E-state index in [-0.39, 0.29) is 10.3 Å². The molecule has 5 nitrogen and oxygen atoms in total. The number of ether oxygens (including phenoxy) is 1. The van der Waals surface area contributed by atoms with E-state index in [1.165, 1.54) is 12.4 Å². The molecular formula is C18H26N2O3S. The maximum Gasteiger partial charge on any atom is 0.286 e. The van der Waals surface area contributed by atoms with Gasteiger partial charge in [-0.1, -0.05) is 46.6 Å². The second kappa shape index (κ2) is 7.38. The van der Waals surface area contributed by atoms with Crippen molar-refractivity contribution in [3.05, 3.63) is 42.2 Å². The third kappa shape index (κ3) is 4.17. The van der Waals surface area contributed by atoms with Crippen LogP contribution in [0.1, 0.15) is 52.5 Å². The molecule has 0 saturated heterocycles. The highest BCUT2D eigenvalue weighted by Gasteiger charge is 2.25.